The number of hydrogen-bond acceptors (Lipinski definition) is 4. The molecule has 144 valence electrons. The Morgan fingerprint density at radius 3 is 2.41 bits per heavy atom. The minimum absolute atomic E-state index is 0.0385. The normalized spacial score (nSPS) is 12.9. The van der Waals surface area contributed by atoms with Crippen LogP contribution in [0.1, 0.15) is 25.3 Å². The van der Waals surface area contributed by atoms with E-state index in [0.717, 1.165) is 16.5 Å². The number of carboxylic acid groups (broad SMARTS) is 2. The molecule has 2 amide bonds. The van der Waals surface area contributed by atoms with Crippen molar-refractivity contribution in [2.24, 2.45) is 0 Å². The average Bonchev–Trinajstić information content (AvgIpc) is 3.00. The topological polar surface area (TPSA) is 149 Å². The van der Waals surface area contributed by atoms with Crippen LogP contribution in [0.2, 0.25) is 0 Å². The first-order chi connectivity index (χ1) is 12.8. The Hall–Kier alpha value is -3.36. The van der Waals surface area contributed by atoms with E-state index < -0.39 is 35.8 Å². The third kappa shape index (κ3) is 5.56. The van der Waals surface area contributed by atoms with E-state index >= 15 is 0 Å². The van der Waals surface area contributed by atoms with Crippen LogP contribution >= 0.6 is 0 Å². The van der Waals surface area contributed by atoms with E-state index in [-0.39, 0.29) is 19.3 Å². The van der Waals surface area contributed by atoms with E-state index in [1.54, 1.807) is 6.20 Å². The van der Waals surface area contributed by atoms with Crippen molar-refractivity contribution in [1.29, 1.82) is 0 Å². The molecule has 5 N–H and O–H groups in total. The summed E-state index contributed by atoms with van der Waals surface area (Å²) in [6.07, 6.45) is 1.25. The number of carbonyl (C=O) groups excluding carboxylic acids is 2. The summed E-state index contributed by atoms with van der Waals surface area (Å²) >= 11 is 0. The summed E-state index contributed by atoms with van der Waals surface area (Å²) < 4.78 is 0. The zero-order valence-electron chi connectivity index (χ0n) is 14.7. The van der Waals surface area contributed by atoms with Gasteiger partial charge in [0.05, 0.1) is 0 Å². The standard InChI is InChI=1S/C18H21N3O6/c1-10(22)20-14(6-7-16(23)24)17(25)21-15(18(26)27)8-11-9-19-13-5-3-2-4-12(11)13/h2-5,9,14-15,19H,6-8H2,1H3,(H,20,22)(H,21,25)(H,23,24)(H,26,27)/t14-,15+/m1/s1. The van der Waals surface area contributed by atoms with Crippen LogP contribution in [0.5, 0.6) is 0 Å². The number of aliphatic carboxylic acids is 2. The number of rotatable bonds is 9. The summed E-state index contributed by atoms with van der Waals surface area (Å²) in [7, 11) is 0. The fraction of sp³-hybridized carbons (Fsp3) is 0.333. The average molecular weight is 375 g/mol. The molecule has 0 saturated carbocycles. The van der Waals surface area contributed by atoms with Crippen molar-refractivity contribution in [2.75, 3.05) is 0 Å². The molecule has 27 heavy (non-hydrogen) atoms. The Labute approximate surface area is 154 Å². The first-order valence-electron chi connectivity index (χ1n) is 8.35. The second kappa shape index (κ2) is 8.84. The Kier molecular flexibility index (Phi) is 6.53. The molecular formula is C18H21N3O6. The van der Waals surface area contributed by atoms with E-state index in [2.05, 4.69) is 15.6 Å². The number of carboxylic acids is 2. The van der Waals surface area contributed by atoms with Gasteiger partial charge in [0, 0.05) is 36.9 Å². The molecule has 0 aliphatic heterocycles. The molecule has 0 bridgehead atoms. The first kappa shape index (κ1) is 20.0. The third-order valence-electron chi connectivity index (χ3n) is 4.05. The molecule has 2 aromatic rings. The van der Waals surface area contributed by atoms with Gasteiger partial charge < -0.3 is 25.8 Å². The lowest BCUT2D eigenvalue weighted by molar-refractivity contribution is -0.142. The number of carbonyl (C=O) groups is 4. The summed E-state index contributed by atoms with van der Waals surface area (Å²) in [4.78, 5) is 49.1. The van der Waals surface area contributed by atoms with E-state index in [1.807, 2.05) is 24.3 Å². The highest BCUT2D eigenvalue weighted by Gasteiger charge is 2.27. The molecule has 0 spiro atoms. The quantitative estimate of drug-likeness (QED) is 0.434. The highest BCUT2D eigenvalue weighted by molar-refractivity contribution is 5.91. The number of fused-ring (bicyclic) bond motifs is 1. The van der Waals surface area contributed by atoms with Gasteiger partial charge >= 0.3 is 11.9 Å². The summed E-state index contributed by atoms with van der Waals surface area (Å²) in [5.74, 6) is -3.59. The molecule has 9 heteroatoms. The van der Waals surface area contributed by atoms with E-state index in [9.17, 15) is 24.3 Å². The second-order valence-corrected chi connectivity index (χ2v) is 6.15. The lowest BCUT2D eigenvalue weighted by Crippen LogP contribution is -2.52. The number of aromatic nitrogens is 1. The summed E-state index contributed by atoms with van der Waals surface area (Å²) in [5.41, 5.74) is 1.57. The van der Waals surface area contributed by atoms with E-state index in [1.165, 1.54) is 6.92 Å². The van der Waals surface area contributed by atoms with Gasteiger partial charge in [-0.2, -0.15) is 0 Å². The maximum Gasteiger partial charge on any atom is 0.326 e. The van der Waals surface area contributed by atoms with Crippen LogP contribution in [-0.4, -0.2) is 51.0 Å². The number of benzene rings is 1. The van der Waals surface area contributed by atoms with Gasteiger partial charge in [-0.15, -0.1) is 0 Å². The summed E-state index contributed by atoms with van der Waals surface area (Å²) in [6, 6.07) is 5.02. The first-order valence-corrected chi connectivity index (χ1v) is 8.35. The van der Waals surface area contributed by atoms with Gasteiger partial charge in [-0.1, -0.05) is 18.2 Å². The minimum Gasteiger partial charge on any atom is -0.481 e. The summed E-state index contributed by atoms with van der Waals surface area (Å²) in [5, 5.41) is 23.8. The lowest BCUT2D eigenvalue weighted by Gasteiger charge is -2.20. The van der Waals surface area contributed by atoms with Crippen molar-refractivity contribution >= 4 is 34.7 Å². The van der Waals surface area contributed by atoms with Gasteiger partial charge in [0.1, 0.15) is 12.1 Å². The third-order valence-corrected chi connectivity index (χ3v) is 4.05. The molecule has 0 aliphatic rings. The van der Waals surface area contributed by atoms with E-state index in [0.29, 0.717) is 0 Å². The van der Waals surface area contributed by atoms with E-state index in [4.69, 9.17) is 5.11 Å². The fourth-order valence-corrected chi connectivity index (χ4v) is 2.77. The fourth-order valence-electron chi connectivity index (χ4n) is 2.77. The number of para-hydroxylation sites is 1. The predicted molar refractivity (Wildman–Crippen MR) is 96.0 cm³/mol. The minimum atomic E-state index is -1.23. The number of aromatic amines is 1. The number of amides is 2. The predicted octanol–water partition coefficient (Wildman–Crippen LogP) is 0.649. The number of nitrogens with one attached hydrogen (secondary N) is 3. The van der Waals surface area contributed by atoms with Crippen LogP contribution in [0.15, 0.2) is 30.5 Å². The maximum atomic E-state index is 12.4. The molecule has 1 heterocycles. The molecule has 0 saturated heterocycles. The Morgan fingerprint density at radius 1 is 1.07 bits per heavy atom. The highest BCUT2D eigenvalue weighted by Crippen LogP contribution is 2.19. The molecule has 0 fully saturated rings. The molecule has 1 aromatic heterocycles. The van der Waals surface area contributed by atoms with Crippen molar-refractivity contribution in [3.8, 4) is 0 Å². The lowest BCUT2D eigenvalue weighted by atomic mass is 10.0. The zero-order chi connectivity index (χ0) is 20.0. The molecule has 0 aliphatic carbocycles. The molecule has 1 aromatic carbocycles. The van der Waals surface area contributed by atoms with Crippen LogP contribution in [0.3, 0.4) is 0 Å². The van der Waals surface area contributed by atoms with Crippen LogP contribution in [0.4, 0.5) is 0 Å². The van der Waals surface area contributed by atoms with Gasteiger partial charge in [0.15, 0.2) is 0 Å². The summed E-state index contributed by atoms with van der Waals surface area (Å²) in [6.45, 7) is 1.20. The Balaban J connectivity index is 2.13. The van der Waals surface area contributed by atoms with Gasteiger partial charge in [-0.25, -0.2) is 4.79 Å². The smallest absolute Gasteiger partial charge is 0.326 e. The molecular weight excluding hydrogens is 354 g/mol. The van der Waals surface area contributed by atoms with Crippen LogP contribution in [0.25, 0.3) is 10.9 Å². The molecule has 9 nitrogen and oxygen atoms in total. The number of hydrogen-bond donors (Lipinski definition) is 5. The molecule has 0 unspecified atom stereocenters. The number of H-pyrrole nitrogens is 1. The Morgan fingerprint density at radius 2 is 1.78 bits per heavy atom. The highest BCUT2D eigenvalue weighted by atomic mass is 16.4. The van der Waals surface area contributed by atoms with Gasteiger partial charge in [-0.05, 0) is 18.1 Å². The molecule has 2 rings (SSSR count). The van der Waals surface area contributed by atoms with Crippen LogP contribution in [-0.2, 0) is 25.6 Å². The van der Waals surface area contributed by atoms with Crippen molar-refractivity contribution in [2.45, 2.75) is 38.3 Å². The van der Waals surface area contributed by atoms with Gasteiger partial charge in [0.25, 0.3) is 0 Å². The second-order valence-electron chi connectivity index (χ2n) is 6.15. The van der Waals surface area contributed by atoms with Gasteiger partial charge in [-0.3, -0.25) is 14.4 Å². The zero-order valence-corrected chi connectivity index (χ0v) is 14.7. The SMILES string of the molecule is CC(=O)N[C@H](CCC(=O)O)C(=O)N[C@@H](Cc1c[nH]c2ccccc12)C(=O)O. The van der Waals surface area contributed by atoms with Crippen LogP contribution < -0.4 is 10.6 Å². The maximum absolute atomic E-state index is 12.4. The van der Waals surface area contributed by atoms with Crippen molar-refractivity contribution in [3.05, 3.63) is 36.0 Å². The van der Waals surface area contributed by atoms with Crippen molar-refractivity contribution in [1.82, 2.24) is 15.6 Å². The van der Waals surface area contributed by atoms with Crippen molar-refractivity contribution < 1.29 is 29.4 Å². The molecule has 0 radical (unpaired) electrons. The van der Waals surface area contributed by atoms with Crippen LogP contribution in [0, 0.1) is 0 Å². The van der Waals surface area contributed by atoms with Gasteiger partial charge in [0.2, 0.25) is 11.8 Å². The Bertz CT molecular complexity index is 860. The largest absolute Gasteiger partial charge is 0.481 e. The van der Waals surface area contributed by atoms with Crippen molar-refractivity contribution in [3.63, 3.8) is 0 Å². The molecule has 2 atom stereocenters. The monoisotopic (exact) mass is 375 g/mol.